The van der Waals surface area contributed by atoms with Crippen molar-refractivity contribution in [1.29, 1.82) is 0 Å². The predicted octanol–water partition coefficient (Wildman–Crippen LogP) is 1.85. The highest BCUT2D eigenvalue weighted by atomic mass is 16.1. The first-order valence-corrected chi connectivity index (χ1v) is 6.55. The van der Waals surface area contributed by atoms with Crippen molar-refractivity contribution in [2.75, 3.05) is 6.54 Å². The van der Waals surface area contributed by atoms with Crippen LogP contribution in [-0.4, -0.2) is 28.2 Å². The molecule has 2 aromatic rings. The molecule has 1 aromatic carbocycles. The maximum absolute atomic E-state index is 12.0. The summed E-state index contributed by atoms with van der Waals surface area (Å²) < 4.78 is 0. The number of H-pyrrole nitrogens is 1. The summed E-state index contributed by atoms with van der Waals surface area (Å²) >= 11 is 0. The number of aromatic amines is 1. The zero-order valence-corrected chi connectivity index (χ0v) is 12.0. The quantitative estimate of drug-likeness (QED) is 0.794. The third-order valence-corrected chi connectivity index (χ3v) is 2.87. The number of nitrogens with zero attached hydrogens (tertiary/aromatic N) is 1. The number of aryl methyl sites for hydroxylation is 1. The van der Waals surface area contributed by atoms with Crippen LogP contribution in [-0.2, 0) is 0 Å². The van der Waals surface area contributed by atoms with E-state index in [-0.39, 0.29) is 5.91 Å². The van der Waals surface area contributed by atoms with Crippen molar-refractivity contribution in [3.63, 3.8) is 0 Å². The molecule has 0 aliphatic heterocycles. The third kappa shape index (κ3) is 3.68. The van der Waals surface area contributed by atoms with Gasteiger partial charge in [-0.1, -0.05) is 29.8 Å². The number of rotatable bonds is 4. The molecule has 0 bridgehead atoms. The first kappa shape index (κ1) is 14.3. The van der Waals surface area contributed by atoms with E-state index in [1.807, 2.05) is 45.0 Å². The summed E-state index contributed by atoms with van der Waals surface area (Å²) in [7, 11) is 0. The summed E-state index contributed by atoms with van der Waals surface area (Å²) in [5.74, 6) is -0.200. The summed E-state index contributed by atoms with van der Waals surface area (Å²) in [6, 6.07) is 9.73. The van der Waals surface area contributed by atoms with E-state index in [1.54, 1.807) is 6.07 Å². The standard InChI is InChI=1S/C15H20N4O/c1-10-4-6-11(7-5-10)12-8-13(19-18-12)14(20)17-9-15(2,3)16/h4-8H,9,16H2,1-3H3,(H,17,20)(H,18,19). The molecule has 1 aromatic heterocycles. The SMILES string of the molecule is Cc1ccc(-c2cc(C(=O)NCC(C)(C)N)[nH]n2)cc1. The van der Waals surface area contributed by atoms with Gasteiger partial charge in [0.1, 0.15) is 5.69 Å². The van der Waals surface area contributed by atoms with Crippen LogP contribution in [0.5, 0.6) is 0 Å². The number of benzene rings is 1. The Morgan fingerprint density at radius 2 is 2.00 bits per heavy atom. The predicted molar refractivity (Wildman–Crippen MR) is 79.4 cm³/mol. The van der Waals surface area contributed by atoms with Crippen LogP contribution in [0.2, 0.25) is 0 Å². The van der Waals surface area contributed by atoms with Crippen molar-refractivity contribution < 1.29 is 4.79 Å². The number of amides is 1. The number of carbonyl (C=O) groups is 1. The molecule has 0 saturated carbocycles. The molecule has 1 heterocycles. The highest BCUT2D eigenvalue weighted by Gasteiger charge is 2.15. The van der Waals surface area contributed by atoms with E-state index in [2.05, 4.69) is 15.5 Å². The maximum atomic E-state index is 12.0. The highest BCUT2D eigenvalue weighted by Crippen LogP contribution is 2.18. The number of carbonyl (C=O) groups excluding carboxylic acids is 1. The first-order valence-electron chi connectivity index (χ1n) is 6.55. The molecule has 2 rings (SSSR count). The summed E-state index contributed by atoms with van der Waals surface area (Å²) in [6.07, 6.45) is 0. The molecular weight excluding hydrogens is 252 g/mol. The van der Waals surface area contributed by atoms with Gasteiger partial charge in [0.25, 0.3) is 5.91 Å². The average Bonchev–Trinajstić information content (AvgIpc) is 2.85. The molecule has 106 valence electrons. The van der Waals surface area contributed by atoms with Gasteiger partial charge in [-0.3, -0.25) is 9.89 Å². The van der Waals surface area contributed by atoms with Crippen LogP contribution in [0.3, 0.4) is 0 Å². The Morgan fingerprint density at radius 3 is 2.60 bits per heavy atom. The summed E-state index contributed by atoms with van der Waals surface area (Å²) in [5, 5.41) is 9.69. The van der Waals surface area contributed by atoms with E-state index in [1.165, 1.54) is 5.56 Å². The van der Waals surface area contributed by atoms with Crippen LogP contribution in [0.25, 0.3) is 11.3 Å². The summed E-state index contributed by atoms with van der Waals surface area (Å²) in [5.41, 5.74) is 8.75. The fraction of sp³-hybridized carbons (Fsp3) is 0.333. The van der Waals surface area contributed by atoms with Crippen molar-refractivity contribution in [2.24, 2.45) is 5.73 Å². The van der Waals surface area contributed by atoms with Gasteiger partial charge in [0.15, 0.2) is 0 Å². The molecule has 0 radical (unpaired) electrons. The topological polar surface area (TPSA) is 83.8 Å². The molecule has 0 fully saturated rings. The summed E-state index contributed by atoms with van der Waals surface area (Å²) in [4.78, 5) is 12.0. The Morgan fingerprint density at radius 1 is 1.35 bits per heavy atom. The lowest BCUT2D eigenvalue weighted by molar-refractivity contribution is 0.0941. The van der Waals surface area contributed by atoms with Gasteiger partial charge in [-0.15, -0.1) is 0 Å². The lowest BCUT2D eigenvalue weighted by atomic mass is 10.1. The molecule has 0 unspecified atom stereocenters. The molecule has 0 saturated heterocycles. The van der Waals surface area contributed by atoms with Gasteiger partial charge < -0.3 is 11.1 Å². The van der Waals surface area contributed by atoms with Crippen LogP contribution >= 0.6 is 0 Å². The lowest BCUT2D eigenvalue weighted by Gasteiger charge is -2.18. The van der Waals surface area contributed by atoms with Gasteiger partial charge in [-0.05, 0) is 26.8 Å². The molecule has 5 nitrogen and oxygen atoms in total. The molecule has 5 heteroatoms. The van der Waals surface area contributed by atoms with Crippen molar-refractivity contribution in [3.8, 4) is 11.3 Å². The first-order chi connectivity index (χ1) is 9.35. The molecule has 1 amide bonds. The minimum Gasteiger partial charge on any atom is -0.349 e. The fourth-order valence-electron chi connectivity index (χ4n) is 1.71. The Labute approximate surface area is 118 Å². The van der Waals surface area contributed by atoms with E-state index in [0.29, 0.717) is 12.2 Å². The molecule has 0 aliphatic rings. The minimum atomic E-state index is -0.435. The number of hydrogen-bond acceptors (Lipinski definition) is 3. The van der Waals surface area contributed by atoms with Crippen molar-refractivity contribution in [3.05, 3.63) is 41.6 Å². The molecule has 20 heavy (non-hydrogen) atoms. The van der Waals surface area contributed by atoms with Gasteiger partial charge >= 0.3 is 0 Å². The maximum Gasteiger partial charge on any atom is 0.269 e. The van der Waals surface area contributed by atoms with Gasteiger partial charge in [0, 0.05) is 17.6 Å². The summed E-state index contributed by atoms with van der Waals surface area (Å²) in [6.45, 7) is 6.16. The Bertz CT molecular complexity index is 593. The number of nitrogens with two attached hydrogens (primary N) is 1. The monoisotopic (exact) mass is 272 g/mol. The second-order valence-electron chi connectivity index (χ2n) is 5.70. The average molecular weight is 272 g/mol. The molecule has 0 aliphatic carbocycles. The fourth-order valence-corrected chi connectivity index (χ4v) is 1.71. The van der Waals surface area contributed by atoms with Gasteiger partial charge in [0.05, 0.1) is 5.69 Å². The van der Waals surface area contributed by atoms with E-state index >= 15 is 0 Å². The molecule has 0 spiro atoms. The van der Waals surface area contributed by atoms with Crippen molar-refractivity contribution in [2.45, 2.75) is 26.3 Å². The van der Waals surface area contributed by atoms with E-state index in [9.17, 15) is 4.79 Å². The zero-order valence-electron chi connectivity index (χ0n) is 12.0. The van der Waals surface area contributed by atoms with Crippen LogP contribution in [0.15, 0.2) is 30.3 Å². The largest absolute Gasteiger partial charge is 0.349 e. The smallest absolute Gasteiger partial charge is 0.269 e. The molecule has 4 N–H and O–H groups in total. The Hall–Kier alpha value is -2.14. The van der Waals surface area contributed by atoms with E-state index in [0.717, 1.165) is 11.3 Å². The van der Waals surface area contributed by atoms with E-state index < -0.39 is 5.54 Å². The number of hydrogen-bond donors (Lipinski definition) is 3. The van der Waals surface area contributed by atoms with Gasteiger partial charge in [0.2, 0.25) is 0 Å². The highest BCUT2D eigenvalue weighted by molar-refractivity contribution is 5.93. The normalized spacial score (nSPS) is 11.4. The van der Waals surface area contributed by atoms with Gasteiger partial charge in [-0.25, -0.2) is 0 Å². The molecule has 0 atom stereocenters. The zero-order chi connectivity index (χ0) is 14.8. The second kappa shape index (κ2) is 5.46. The van der Waals surface area contributed by atoms with Crippen molar-refractivity contribution in [1.82, 2.24) is 15.5 Å². The van der Waals surface area contributed by atoms with Crippen LogP contribution in [0.4, 0.5) is 0 Å². The van der Waals surface area contributed by atoms with Crippen LogP contribution in [0.1, 0.15) is 29.9 Å². The van der Waals surface area contributed by atoms with Gasteiger partial charge in [-0.2, -0.15) is 5.10 Å². The number of aromatic nitrogens is 2. The molecular formula is C15H20N4O. The second-order valence-corrected chi connectivity index (χ2v) is 5.70. The van der Waals surface area contributed by atoms with E-state index in [4.69, 9.17) is 5.73 Å². The Balaban J connectivity index is 2.09. The van der Waals surface area contributed by atoms with Crippen LogP contribution in [0, 0.1) is 6.92 Å². The third-order valence-electron chi connectivity index (χ3n) is 2.87. The minimum absolute atomic E-state index is 0.200. The van der Waals surface area contributed by atoms with Crippen molar-refractivity contribution >= 4 is 5.91 Å². The lowest BCUT2D eigenvalue weighted by Crippen LogP contribution is -2.45. The number of nitrogens with one attached hydrogen (secondary N) is 2. The Kier molecular flexibility index (Phi) is 3.90. The van der Waals surface area contributed by atoms with Crippen LogP contribution < -0.4 is 11.1 Å².